The van der Waals surface area contributed by atoms with Crippen LogP contribution in [0.5, 0.6) is 5.75 Å². The Hall–Kier alpha value is -2.65. The molecule has 34 heavy (non-hydrogen) atoms. The molecule has 0 bridgehead atoms. The number of nitrogens with one attached hydrogen (secondary N) is 1. The van der Waals surface area contributed by atoms with Crippen LogP contribution in [0.1, 0.15) is 43.2 Å². The molecular formula is C25H28N4O3S2. The number of thioether (sulfide) groups is 1. The van der Waals surface area contributed by atoms with Gasteiger partial charge >= 0.3 is 0 Å². The lowest BCUT2D eigenvalue weighted by Gasteiger charge is -2.31. The van der Waals surface area contributed by atoms with Gasteiger partial charge in [0.2, 0.25) is 5.91 Å². The van der Waals surface area contributed by atoms with E-state index in [1.54, 1.807) is 24.8 Å². The van der Waals surface area contributed by atoms with Gasteiger partial charge in [0.15, 0.2) is 5.12 Å². The fourth-order valence-corrected chi connectivity index (χ4v) is 7.15. The maximum absolute atomic E-state index is 13.1. The van der Waals surface area contributed by atoms with Crippen LogP contribution < -0.4 is 10.1 Å². The molecule has 1 aromatic carbocycles. The van der Waals surface area contributed by atoms with E-state index in [2.05, 4.69) is 29.1 Å². The van der Waals surface area contributed by atoms with Gasteiger partial charge in [-0.1, -0.05) is 11.8 Å². The molecule has 0 saturated carbocycles. The van der Waals surface area contributed by atoms with Gasteiger partial charge in [-0.25, -0.2) is 9.97 Å². The summed E-state index contributed by atoms with van der Waals surface area (Å²) in [7, 11) is 1.63. The number of nitrogens with zero attached hydrogens (tertiary/aromatic N) is 3. The van der Waals surface area contributed by atoms with Crippen molar-refractivity contribution < 1.29 is 14.3 Å². The Balaban J connectivity index is 1.47. The van der Waals surface area contributed by atoms with E-state index >= 15 is 0 Å². The summed E-state index contributed by atoms with van der Waals surface area (Å²) in [5, 5.41) is 4.63. The van der Waals surface area contributed by atoms with Gasteiger partial charge in [-0.05, 0) is 63.3 Å². The van der Waals surface area contributed by atoms with Crippen LogP contribution in [0.4, 0.5) is 11.5 Å². The molecule has 0 fully saturated rings. The van der Waals surface area contributed by atoms with Crippen LogP contribution in [0.25, 0.3) is 10.2 Å². The van der Waals surface area contributed by atoms with Crippen LogP contribution in [0, 0.1) is 5.92 Å². The number of anilines is 2. The summed E-state index contributed by atoms with van der Waals surface area (Å²) in [6.45, 7) is 6.92. The fraction of sp³-hybridized carbons (Fsp3) is 0.440. The first-order valence-electron chi connectivity index (χ1n) is 11.6. The molecule has 1 unspecified atom stereocenters. The lowest BCUT2D eigenvalue weighted by atomic mass is 9.86. The van der Waals surface area contributed by atoms with Crippen molar-refractivity contribution in [1.29, 1.82) is 0 Å². The zero-order valence-electron chi connectivity index (χ0n) is 19.8. The molecule has 3 heterocycles. The first kappa shape index (κ1) is 23.1. The maximum atomic E-state index is 13.1. The molecule has 1 atom stereocenters. The van der Waals surface area contributed by atoms with Gasteiger partial charge in [0, 0.05) is 34.7 Å². The highest BCUT2D eigenvalue weighted by atomic mass is 32.2. The number of carbonyl (C=O) groups excluding carboxylic acids is 2. The standard InChI is InChI=1S/C25H28N4O3S2/c1-5-29(13(2)3)25(31)14-6-7-16-20(9-14)34-24-22(16)23(26-12-27-24)28-17-11-19-15(8-18(17)32-4)10-21(30)33-19/h8,11-14H,5-7,9-10H2,1-4H3,(H,26,27,28). The van der Waals surface area contributed by atoms with Crippen molar-refractivity contribution in [2.45, 2.75) is 57.4 Å². The average molecular weight is 497 g/mol. The molecule has 9 heteroatoms. The lowest BCUT2D eigenvalue weighted by molar-refractivity contribution is -0.137. The second kappa shape index (κ2) is 9.19. The third kappa shape index (κ3) is 4.05. The van der Waals surface area contributed by atoms with Crippen LogP contribution in [0.2, 0.25) is 0 Å². The molecular weight excluding hydrogens is 468 g/mol. The van der Waals surface area contributed by atoms with E-state index in [1.165, 1.54) is 22.2 Å². The van der Waals surface area contributed by atoms with Gasteiger partial charge in [-0.3, -0.25) is 9.59 Å². The van der Waals surface area contributed by atoms with E-state index in [9.17, 15) is 9.59 Å². The number of benzene rings is 1. The minimum atomic E-state index is 0.0126. The van der Waals surface area contributed by atoms with Gasteiger partial charge in [-0.2, -0.15) is 0 Å². The normalized spacial score (nSPS) is 17.1. The van der Waals surface area contributed by atoms with Gasteiger partial charge in [0.05, 0.1) is 18.2 Å². The van der Waals surface area contributed by atoms with Crippen molar-refractivity contribution in [2.24, 2.45) is 5.92 Å². The summed E-state index contributed by atoms with van der Waals surface area (Å²) in [4.78, 5) is 39.2. The van der Waals surface area contributed by atoms with E-state index in [1.807, 2.05) is 24.0 Å². The third-order valence-electron chi connectivity index (χ3n) is 6.64. The molecule has 7 nitrogen and oxygen atoms in total. The molecule has 0 radical (unpaired) electrons. The second-order valence-electron chi connectivity index (χ2n) is 9.00. The highest BCUT2D eigenvalue weighted by Gasteiger charge is 2.32. The molecule has 1 aliphatic carbocycles. The largest absolute Gasteiger partial charge is 0.495 e. The SMILES string of the molecule is CCN(C(=O)C1CCc2c(sc3ncnc(Nc4cc5c(cc4OC)CC(=O)S5)c23)C1)C(C)C. The van der Waals surface area contributed by atoms with Gasteiger partial charge < -0.3 is 15.0 Å². The highest BCUT2D eigenvalue weighted by molar-refractivity contribution is 8.14. The van der Waals surface area contributed by atoms with Gasteiger partial charge in [-0.15, -0.1) is 11.3 Å². The smallest absolute Gasteiger partial charge is 0.226 e. The predicted molar refractivity (Wildman–Crippen MR) is 136 cm³/mol. The zero-order chi connectivity index (χ0) is 24.0. The summed E-state index contributed by atoms with van der Waals surface area (Å²) in [6.07, 6.45) is 4.41. The fourth-order valence-electron chi connectivity index (χ4n) is 4.97. The Morgan fingerprint density at radius 2 is 2.15 bits per heavy atom. The van der Waals surface area contributed by atoms with E-state index in [-0.39, 0.29) is 23.0 Å². The maximum Gasteiger partial charge on any atom is 0.226 e. The van der Waals surface area contributed by atoms with Gasteiger partial charge in [0.25, 0.3) is 0 Å². The first-order chi connectivity index (χ1) is 16.4. The van der Waals surface area contributed by atoms with Crippen LogP contribution in [-0.4, -0.2) is 45.6 Å². The highest BCUT2D eigenvalue weighted by Crippen LogP contribution is 2.43. The number of fused-ring (bicyclic) bond motifs is 4. The van der Waals surface area contributed by atoms with Crippen molar-refractivity contribution >= 4 is 55.8 Å². The third-order valence-corrected chi connectivity index (χ3v) is 8.77. The summed E-state index contributed by atoms with van der Waals surface area (Å²) in [6, 6.07) is 4.11. The molecule has 5 rings (SSSR count). The second-order valence-corrected chi connectivity index (χ2v) is 11.2. The number of amides is 1. The number of ether oxygens (including phenoxy) is 1. The number of rotatable bonds is 6. The lowest BCUT2D eigenvalue weighted by Crippen LogP contribution is -2.42. The topological polar surface area (TPSA) is 84.4 Å². The molecule has 2 aliphatic rings. The number of hydrogen-bond donors (Lipinski definition) is 1. The number of hydrogen-bond acceptors (Lipinski definition) is 8. The Labute approximate surface area is 207 Å². The van der Waals surface area contributed by atoms with Crippen LogP contribution in [0.3, 0.4) is 0 Å². The number of aryl methyl sites for hydroxylation is 1. The Bertz CT molecular complexity index is 1290. The minimum Gasteiger partial charge on any atom is -0.495 e. The molecule has 178 valence electrons. The molecule has 1 aliphatic heterocycles. The minimum absolute atomic E-state index is 0.0126. The average Bonchev–Trinajstić information content (AvgIpc) is 3.37. The molecule has 1 amide bonds. The zero-order valence-corrected chi connectivity index (χ0v) is 21.4. The predicted octanol–water partition coefficient (Wildman–Crippen LogP) is 4.98. The molecule has 1 N–H and O–H groups in total. The first-order valence-corrected chi connectivity index (χ1v) is 13.3. The van der Waals surface area contributed by atoms with Crippen molar-refractivity contribution in [3.05, 3.63) is 34.5 Å². The Morgan fingerprint density at radius 3 is 2.88 bits per heavy atom. The summed E-state index contributed by atoms with van der Waals surface area (Å²) < 4.78 is 5.61. The molecule has 2 aromatic heterocycles. The van der Waals surface area contributed by atoms with E-state index < -0.39 is 0 Å². The van der Waals surface area contributed by atoms with Crippen molar-refractivity contribution in [2.75, 3.05) is 19.0 Å². The molecule has 3 aromatic rings. The van der Waals surface area contributed by atoms with Crippen LogP contribution in [-0.2, 0) is 28.9 Å². The Morgan fingerprint density at radius 1 is 1.32 bits per heavy atom. The number of carbonyl (C=O) groups is 2. The summed E-state index contributed by atoms with van der Waals surface area (Å²) in [5.41, 5.74) is 3.02. The van der Waals surface area contributed by atoms with E-state index in [0.29, 0.717) is 12.2 Å². The van der Waals surface area contributed by atoms with E-state index in [4.69, 9.17) is 4.74 Å². The molecule has 0 spiro atoms. The van der Waals surface area contributed by atoms with Crippen LogP contribution >= 0.6 is 23.1 Å². The quantitative estimate of drug-likeness (QED) is 0.515. The number of aromatic nitrogens is 2. The Kier molecular flexibility index (Phi) is 6.24. The molecule has 0 saturated heterocycles. The van der Waals surface area contributed by atoms with Crippen molar-refractivity contribution in [3.63, 3.8) is 0 Å². The summed E-state index contributed by atoms with van der Waals surface area (Å²) >= 11 is 2.93. The van der Waals surface area contributed by atoms with Crippen molar-refractivity contribution in [3.8, 4) is 5.75 Å². The number of thiophene rings is 1. The van der Waals surface area contributed by atoms with Crippen molar-refractivity contribution in [1.82, 2.24) is 14.9 Å². The number of methoxy groups -OCH3 is 1. The monoisotopic (exact) mass is 496 g/mol. The van der Waals surface area contributed by atoms with Crippen LogP contribution in [0.15, 0.2) is 23.4 Å². The summed E-state index contributed by atoms with van der Waals surface area (Å²) in [5.74, 6) is 1.68. The van der Waals surface area contributed by atoms with Gasteiger partial charge in [0.1, 0.15) is 22.7 Å². The van der Waals surface area contributed by atoms with E-state index in [0.717, 1.165) is 58.0 Å².